The Morgan fingerprint density at radius 3 is 2.57 bits per heavy atom. The molecule has 0 bridgehead atoms. The first-order valence-electron chi connectivity index (χ1n) is 6.54. The van der Waals surface area contributed by atoms with E-state index in [4.69, 9.17) is 22.1 Å². The van der Waals surface area contributed by atoms with E-state index in [1.165, 1.54) is 6.07 Å². The molecule has 1 atom stereocenters. The van der Waals surface area contributed by atoms with Crippen molar-refractivity contribution in [3.63, 3.8) is 0 Å². The van der Waals surface area contributed by atoms with Gasteiger partial charge < -0.3 is 10.5 Å². The fraction of sp³-hybridized carbons (Fsp3) is 0.250. The van der Waals surface area contributed by atoms with Gasteiger partial charge in [0.1, 0.15) is 11.6 Å². The molecule has 2 aromatic rings. The number of nitrogens with two attached hydrogens (primary N) is 1. The number of rotatable bonds is 5. The number of hydrogen-bond donors (Lipinski definition) is 1. The van der Waals surface area contributed by atoms with Crippen molar-refractivity contribution >= 4 is 27.5 Å². The monoisotopic (exact) mass is 371 g/mol. The Morgan fingerprint density at radius 2 is 1.95 bits per heavy atom. The Balaban J connectivity index is 2.04. The summed E-state index contributed by atoms with van der Waals surface area (Å²) in [5.41, 5.74) is 7.66. The van der Waals surface area contributed by atoms with Gasteiger partial charge in [-0.1, -0.05) is 23.7 Å². The highest BCUT2D eigenvalue weighted by atomic mass is 79.9. The van der Waals surface area contributed by atoms with E-state index >= 15 is 0 Å². The topological polar surface area (TPSA) is 35.2 Å². The fourth-order valence-electron chi connectivity index (χ4n) is 2.09. The lowest BCUT2D eigenvalue weighted by molar-refractivity contribution is 0.414. The molecule has 2 nitrogen and oxygen atoms in total. The SMILES string of the molecule is COc1ccc(CCC(N)c2cc(Cl)c(Br)cc2F)cc1. The lowest BCUT2D eigenvalue weighted by Gasteiger charge is -2.14. The molecular formula is C16H16BrClFNO. The molecule has 0 saturated heterocycles. The van der Waals surface area contributed by atoms with Crippen molar-refractivity contribution in [2.45, 2.75) is 18.9 Å². The van der Waals surface area contributed by atoms with Crippen molar-refractivity contribution in [2.75, 3.05) is 7.11 Å². The largest absolute Gasteiger partial charge is 0.497 e. The Hall–Kier alpha value is -1.10. The molecule has 1 unspecified atom stereocenters. The average molecular weight is 373 g/mol. The summed E-state index contributed by atoms with van der Waals surface area (Å²) >= 11 is 9.19. The van der Waals surface area contributed by atoms with Gasteiger partial charge in [-0.2, -0.15) is 0 Å². The molecule has 0 fully saturated rings. The van der Waals surface area contributed by atoms with E-state index in [0.717, 1.165) is 17.7 Å². The van der Waals surface area contributed by atoms with Gasteiger partial charge in [-0.05, 0) is 58.6 Å². The third-order valence-corrected chi connectivity index (χ3v) is 4.54. The second-order valence-electron chi connectivity index (χ2n) is 4.78. The molecule has 2 N–H and O–H groups in total. The minimum absolute atomic E-state index is 0.339. The van der Waals surface area contributed by atoms with Crippen molar-refractivity contribution in [2.24, 2.45) is 5.73 Å². The Kier molecular flexibility index (Phi) is 5.62. The first-order chi connectivity index (χ1) is 10.0. The molecular weight excluding hydrogens is 357 g/mol. The quantitative estimate of drug-likeness (QED) is 0.759. The predicted molar refractivity (Wildman–Crippen MR) is 87.4 cm³/mol. The van der Waals surface area contributed by atoms with Gasteiger partial charge in [0.15, 0.2) is 0 Å². The maximum Gasteiger partial charge on any atom is 0.129 e. The van der Waals surface area contributed by atoms with Crippen LogP contribution in [0.4, 0.5) is 4.39 Å². The summed E-state index contributed by atoms with van der Waals surface area (Å²) in [4.78, 5) is 0. The molecule has 0 aliphatic rings. The summed E-state index contributed by atoms with van der Waals surface area (Å²) in [5.74, 6) is 0.474. The zero-order valence-electron chi connectivity index (χ0n) is 11.6. The Morgan fingerprint density at radius 1 is 1.29 bits per heavy atom. The van der Waals surface area contributed by atoms with Crippen molar-refractivity contribution in [1.29, 1.82) is 0 Å². The van der Waals surface area contributed by atoms with Crippen molar-refractivity contribution in [1.82, 2.24) is 0 Å². The van der Waals surface area contributed by atoms with E-state index in [9.17, 15) is 4.39 Å². The number of halogens is 3. The van der Waals surface area contributed by atoms with E-state index in [1.54, 1.807) is 13.2 Å². The van der Waals surface area contributed by atoms with Crippen LogP contribution in [0.3, 0.4) is 0 Å². The summed E-state index contributed by atoms with van der Waals surface area (Å²) in [6, 6.07) is 10.3. The molecule has 0 radical (unpaired) electrons. The molecule has 0 heterocycles. The number of ether oxygens (including phenoxy) is 1. The van der Waals surface area contributed by atoms with E-state index in [2.05, 4.69) is 15.9 Å². The Labute approximate surface area is 137 Å². The maximum absolute atomic E-state index is 13.9. The molecule has 2 rings (SSSR count). The molecule has 0 aliphatic carbocycles. The molecule has 0 saturated carbocycles. The zero-order chi connectivity index (χ0) is 15.4. The minimum atomic E-state index is -0.391. The first-order valence-corrected chi connectivity index (χ1v) is 7.71. The third-order valence-electron chi connectivity index (χ3n) is 3.34. The number of aryl methyl sites for hydroxylation is 1. The molecule has 0 spiro atoms. The first kappa shape index (κ1) is 16.3. The van der Waals surface area contributed by atoms with Gasteiger partial charge in [0.25, 0.3) is 0 Å². The highest BCUT2D eigenvalue weighted by molar-refractivity contribution is 9.10. The van der Waals surface area contributed by atoms with Crippen LogP contribution in [0, 0.1) is 5.82 Å². The van der Waals surface area contributed by atoms with Gasteiger partial charge in [0, 0.05) is 16.1 Å². The molecule has 5 heteroatoms. The van der Waals surface area contributed by atoms with Crippen LogP contribution in [0.15, 0.2) is 40.9 Å². The smallest absolute Gasteiger partial charge is 0.129 e. The van der Waals surface area contributed by atoms with Gasteiger partial charge in [0.2, 0.25) is 0 Å². The van der Waals surface area contributed by atoms with Crippen LogP contribution in [-0.2, 0) is 6.42 Å². The van der Waals surface area contributed by atoms with Gasteiger partial charge in [0.05, 0.1) is 12.1 Å². The van der Waals surface area contributed by atoms with Crippen LogP contribution in [0.1, 0.15) is 23.6 Å². The van der Waals surface area contributed by atoms with Gasteiger partial charge in [-0.15, -0.1) is 0 Å². The molecule has 21 heavy (non-hydrogen) atoms. The summed E-state index contributed by atoms with van der Waals surface area (Å²) in [7, 11) is 1.63. The lowest BCUT2D eigenvalue weighted by Crippen LogP contribution is -2.13. The van der Waals surface area contributed by atoms with Crippen molar-refractivity contribution in [3.8, 4) is 5.75 Å². The molecule has 112 valence electrons. The maximum atomic E-state index is 13.9. The standard InChI is InChI=1S/C16H16BrClFNO/c1-21-11-5-2-10(3-6-11)4-7-16(20)12-8-14(18)13(17)9-15(12)19/h2-3,5-6,8-9,16H,4,7,20H2,1H3. The van der Waals surface area contributed by atoms with Crippen LogP contribution in [0.2, 0.25) is 5.02 Å². The van der Waals surface area contributed by atoms with Gasteiger partial charge in [-0.3, -0.25) is 0 Å². The highest BCUT2D eigenvalue weighted by Gasteiger charge is 2.14. The zero-order valence-corrected chi connectivity index (χ0v) is 13.9. The molecule has 0 amide bonds. The third kappa shape index (κ3) is 4.19. The fourth-order valence-corrected chi connectivity index (χ4v) is 2.58. The van der Waals surface area contributed by atoms with Gasteiger partial charge >= 0.3 is 0 Å². The normalized spacial score (nSPS) is 12.2. The predicted octanol–water partition coefficient (Wildman–Crippen LogP) is 4.88. The van der Waals surface area contributed by atoms with E-state index in [1.807, 2.05) is 24.3 Å². The van der Waals surface area contributed by atoms with Gasteiger partial charge in [-0.25, -0.2) is 4.39 Å². The van der Waals surface area contributed by atoms with Crippen molar-refractivity contribution in [3.05, 3.63) is 62.8 Å². The minimum Gasteiger partial charge on any atom is -0.497 e. The molecule has 0 aliphatic heterocycles. The molecule has 0 aromatic heterocycles. The van der Waals surface area contributed by atoms with Crippen LogP contribution < -0.4 is 10.5 Å². The van der Waals surface area contributed by atoms with E-state index < -0.39 is 6.04 Å². The van der Waals surface area contributed by atoms with Crippen LogP contribution in [-0.4, -0.2) is 7.11 Å². The highest BCUT2D eigenvalue weighted by Crippen LogP contribution is 2.29. The van der Waals surface area contributed by atoms with Crippen LogP contribution >= 0.6 is 27.5 Å². The van der Waals surface area contributed by atoms with E-state index in [0.29, 0.717) is 21.5 Å². The summed E-state index contributed by atoms with van der Waals surface area (Å²) in [6.07, 6.45) is 1.40. The Bertz CT molecular complexity index is 618. The summed E-state index contributed by atoms with van der Waals surface area (Å²) < 4.78 is 19.6. The van der Waals surface area contributed by atoms with Crippen LogP contribution in [0.25, 0.3) is 0 Å². The number of methoxy groups -OCH3 is 1. The lowest BCUT2D eigenvalue weighted by atomic mass is 9.99. The molecule has 2 aromatic carbocycles. The van der Waals surface area contributed by atoms with Crippen LogP contribution in [0.5, 0.6) is 5.75 Å². The second-order valence-corrected chi connectivity index (χ2v) is 6.04. The van der Waals surface area contributed by atoms with Crippen molar-refractivity contribution < 1.29 is 9.13 Å². The summed E-state index contributed by atoms with van der Waals surface area (Å²) in [6.45, 7) is 0. The number of benzene rings is 2. The number of hydrogen-bond acceptors (Lipinski definition) is 2. The van der Waals surface area contributed by atoms with E-state index in [-0.39, 0.29) is 5.82 Å². The second kappa shape index (κ2) is 7.25. The average Bonchev–Trinajstić information content (AvgIpc) is 2.49. The summed E-state index contributed by atoms with van der Waals surface area (Å²) in [5, 5.41) is 0.464.